The van der Waals surface area contributed by atoms with E-state index < -0.39 is 0 Å². The second-order valence-corrected chi connectivity index (χ2v) is 9.65. The third-order valence-corrected chi connectivity index (χ3v) is 5.93. The molecule has 0 saturated heterocycles. The van der Waals surface area contributed by atoms with Crippen molar-refractivity contribution < 1.29 is 21.1 Å². The fourth-order valence-corrected chi connectivity index (χ4v) is 3.98. The average Bonchev–Trinajstić information content (AvgIpc) is 2.70. The minimum Gasteiger partial charge on any atom is -0.250 e. The van der Waals surface area contributed by atoms with Gasteiger partial charge in [0.1, 0.15) is 7.05 Å². The van der Waals surface area contributed by atoms with E-state index >= 15 is 0 Å². The molecule has 31 heavy (non-hydrogen) atoms. The van der Waals surface area contributed by atoms with Gasteiger partial charge >= 0.3 is 0 Å². The van der Waals surface area contributed by atoms with E-state index in [-0.39, 0.29) is 16.5 Å². The normalized spacial score (nSPS) is 12.8. The van der Waals surface area contributed by atoms with Gasteiger partial charge in [-0.3, -0.25) is 0 Å². The minimum absolute atomic E-state index is 0. The largest absolute Gasteiger partial charge is 0.250 e. The Bertz CT molecular complexity index is 882. The molecular formula is C28H41N2Ni+. The van der Waals surface area contributed by atoms with Crippen molar-refractivity contribution in [2.75, 3.05) is 7.05 Å². The van der Waals surface area contributed by atoms with Crippen LogP contribution in [0.2, 0.25) is 0 Å². The summed E-state index contributed by atoms with van der Waals surface area (Å²) in [6, 6.07) is 13.3. The van der Waals surface area contributed by atoms with Gasteiger partial charge < -0.3 is 0 Å². The average molecular weight is 464 g/mol. The second-order valence-electron chi connectivity index (χ2n) is 9.65. The van der Waals surface area contributed by atoms with Gasteiger partial charge in [-0.25, -0.2) is 4.99 Å². The van der Waals surface area contributed by atoms with E-state index in [9.17, 15) is 0 Å². The number of hydrogen-bond acceptors (Lipinski definition) is 1. The van der Waals surface area contributed by atoms with Crippen LogP contribution in [0.3, 0.4) is 0 Å². The van der Waals surface area contributed by atoms with E-state index in [1.807, 2.05) is 6.21 Å². The first kappa shape index (κ1) is 27.3. The molecule has 0 aliphatic heterocycles. The van der Waals surface area contributed by atoms with E-state index in [0.29, 0.717) is 23.7 Å². The maximum atomic E-state index is 5.04. The van der Waals surface area contributed by atoms with Crippen LogP contribution in [0.1, 0.15) is 108 Å². The van der Waals surface area contributed by atoms with Crippen molar-refractivity contribution in [2.45, 2.75) is 86.0 Å². The first-order chi connectivity index (χ1) is 14.1. The number of aliphatic imine (C=N–C) groups is 1. The Morgan fingerprint density at radius 3 is 1.42 bits per heavy atom. The fraction of sp³-hybridized carbons (Fsp3) is 0.500. The predicted molar refractivity (Wildman–Crippen MR) is 134 cm³/mol. The van der Waals surface area contributed by atoms with E-state index in [4.69, 9.17) is 4.99 Å². The van der Waals surface area contributed by atoms with E-state index in [2.05, 4.69) is 110 Å². The molecule has 0 spiro atoms. The summed E-state index contributed by atoms with van der Waals surface area (Å²) in [5.41, 5.74) is 9.03. The van der Waals surface area contributed by atoms with Gasteiger partial charge in [0, 0.05) is 34.5 Å². The molecule has 0 aromatic heterocycles. The summed E-state index contributed by atoms with van der Waals surface area (Å²) >= 11 is 0. The van der Waals surface area contributed by atoms with Crippen LogP contribution in [-0.4, -0.2) is 23.5 Å². The molecule has 0 bridgehead atoms. The van der Waals surface area contributed by atoms with Gasteiger partial charge in [-0.15, -0.1) is 0 Å². The maximum absolute atomic E-state index is 5.04. The number of rotatable bonds is 7. The fourth-order valence-electron chi connectivity index (χ4n) is 3.98. The van der Waals surface area contributed by atoms with E-state index in [0.717, 1.165) is 11.4 Å². The molecule has 2 nitrogen and oxygen atoms in total. The van der Waals surface area contributed by atoms with E-state index in [1.165, 1.54) is 27.9 Å². The summed E-state index contributed by atoms with van der Waals surface area (Å²) in [4.78, 5) is 5.04. The molecule has 0 atom stereocenters. The monoisotopic (exact) mass is 463 g/mol. The first-order valence-corrected chi connectivity index (χ1v) is 11.4. The molecule has 3 heteroatoms. The second kappa shape index (κ2) is 11.8. The number of para-hydroxylation sites is 2. The van der Waals surface area contributed by atoms with Gasteiger partial charge in [0.05, 0.1) is 11.9 Å². The maximum Gasteiger partial charge on any atom is 0.212 e. The van der Waals surface area contributed by atoms with Gasteiger partial charge in [-0.2, -0.15) is 4.58 Å². The molecular weight excluding hydrogens is 423 g/mol. The Morgan fingerprint density at radius 1 is 0.710 bits per heavy atom. The molecule has 0 amide bonds. The van der Waals surface area contributed by atoms with Crippen LogP contribution >= 0.6 is 0 Å². The van der Waals surface area contributed by atoms with Crippen molar-refractivity contribution in [3.8, 4) is 0 Å². The Morgan fingerprint density at radius 2 is 1.06 bits per heavy atom. The van der Waals surface area contributed by atoms with Crippen LogP contribution in [0, 0.1) is 0 Å². The van der Waals surface area contributed by atoms with Crippen molar-refractivity contribution in [2.24, 2.45) is 4.99 Å². The Labute approximate surface area is 200 Å². The molecule has 172 valence electrons. The molecule has 0 aliphatic carbocycles. The van der Waals surface area contributed by atoms with E-state index in [1.54, 1.807) is 0 Å². The number of benzene rings is 2. The topological polar surface area (TPSA) is 15.4 Å². The number of nitrogens with zero attached hydrogens (tertiary/aromatic N) is 2. The Hall–Kier alpha value is -1.73. The molecule has 0 fully saturated rings. The minimum atomic E-state index is 0. The SMILES string of the molecule is CC(C=Nc1c(C(C)C)cccc1C(C)C)=[N+](C)c1c(C(C)C)cccc1C(C)C.[Ni]. The number of hydrogen-bond donors (Lipinski definition) is 0. The first-order valence-electron chi connectivity index (χ1n) is 11.4. The molecule has 0 N–H and O–H groups in total. The zero-order chi connectivity index (χ0) is 22.6. The van der Waals surface area contributed by atoms with Crippen molar-refractivity contribution in [1.82, 2.24) is 0 Å². The van der Waals surface area contributed by atoms with Crippen LogP contribution in [-0.2, 0) is 16.5 Å². The molecule has 0 radical (unpaired) electrons. The quantitative estimate of drug-likeness (QED) is 0.223. The van der Waals surface area contributed by atoms with Gasteiger partial charge in [0.25, 0.3) is 0 Å². The molecule has 0 saturated carbocycles. The third kappa shape index (κ3) is 6.39. The summed E-state index contributed by atoms with van der Waals surface area (Å²) in [5.74, 6) is 1.84. The van der Waals surface area contributed by atoms with Crippen molar-refractivity contribution in [3.63, 3.8) is 0 Å². The van der Waals surface area contributed by atoms with Crippen LogP contribution in [0.5, 0.6) is 0 Å². The molecule has 0 aliphatic rings. The van der Waals surface area contributed by atoms with Crippen molar-refractivity contribution in [1.29, 1.82) is 0 Å². The predicted octanol–water partition coefficient (Wildman–Crippen LogP) is 8.31. The molecule has 2 aromatic rings. The van der Waals surface area contributed by atoms with Crippen molar-refractivity contribution >= 4 is 23.3 Å². The van der Waals surface area contributed by atoms with Gasteiger partial charge in [0.15, 0.2) is 5.71 Å². The van der Waals surface area contributed by atoms with Crippen LogP contribution < -0.4 is 0 Å². The molecule has 0 unspecified atom stereocenters. The van der Waals surface area contributed by atoms with Crippen LogP contribution in [0.25, 0.3) is 0 Å². The smallest absolute Gasteiger partial charge is 0.212 e. The van der Waals surface area contributed by atoms with Crippen LogP contribution in [0.4, 0.5) is 11.4 Å². The zero-order valence-electron chi connectivity index (χ0n) is 21.1. The standard InChI is InChI=1S/C28H41N2.Ni/c1-18(2)23-13-11-14-24(19(3)4)27(23)29-17-22(9)30(10)28-25(20(5)6)15-12-16-26(28)21(7)8;/h11-21H,1-10H3;/q+1;. The summed E-state index contributed by atoms with van der Waals surface area (Å²) in [6.07, 6.45) is 2.05. The molecule has 2 rings (SSSR count). The molecule has 2 aromatic carbocycles. The van der Waals surface area contributed by atoms with Crippen molar-refractivity contribution in [3.05, 3.63) is 58.7 Å². The Balaban J connectivity index is 0.00000480. The summed E-state index contributed by atoms with van der Waals surface area (Å²) in [6.45, 7) is 20.2. The van der Waals surface area contributed by atoms with Gasteiger partial charge in [-0.05, 0) is 34.8 Å². The van der Waals surface area contributed by atoms with Gasteiger partial charge in [0.2, 0.25) is 5.69 Å². The van der Waals surface area contributed by atoms with Crippen LogP contribution in [0.15, 0.2) is 41.4 Å². The molecule has 0 heterocycles. The summed E-state index contributed by atoms with van der Waals surface area (Å²) in [5, 5.41) is 0. The third-order valence-electron chi connectivity index (χ3n) is 5.93. The summed E-state index contributed by atoms with van der Waals surface area (Å²) < 4.78 is 2.32. The summed E-state index contributed by atoms with van der Waals surface area (Å²) in [7, 11) is 2.17. The van der Waals surface area contributed by atoms with Gasteiger partial charge in [-0.1, -0.05) is 91.8 Å². The zero-order valence-corrected chi connectivity index (χ0v) is 22.0. The Kier molecular flexibility index (Phi) is 10.4.